The Bertz CT molecular complexity index is 1600. The average Bonchev–Trinajstić information content (AvgIpc) is 3.43. The predicted molar refractivity (Wildman–Crippen MR) is 334 cm³/mol. The third-order valence-electron chi connectivity index (χ3n) is 13.4. The van der Waals surface area contributed by atoms with Gasteiger partial charge in [-0.15, -0.1) is 0 Å². The summed E-state index contributed by atoms with van der Waals surface area (Å²) in [5.74, 6) is -0.921. The lowest BCUT2D eigenvalue weighted by Crippen LogP contribution is -2.30. The van der Waals surface area contributed by atoms with E-state index in [2.05, 4.69) is 142 Å². The smallest absolute Gasteiger partial charge is 0.306 e. The number of unbranched alkanes of at least 4 members (excludes halogenated alkanes) is 26. The van der Waals surface area contributed by atoms with Crippen LogP contribution in [0.2, 0.25) is 0 Å². The summed E-state index contributed by atoms with van der Waals surface area (Å²) in [6.45, 7) is 6.29. The molecule has 438 valence electrons. The number of hydrogen-bond donors (Lipinski definition) is 0. The van der Waals surface area contributed by atoms with E-state index in [4.69, 9.17) is 14.2 Å². The highest BCUT2D eigenvalue weighted by atomic mass is 16.6. The zero-order valence-corrected chi connectivity index (χ0v) is 50.2. The molecule has 6 heteroatoms. The first-order valence-electron chi connectivity index (χ1n) is 32.0. The average molecular weight is 1070 g/mol. The van der Waals surface area contributed by atoms with Gasteiger partial charge >= 0.3 is 17.9 Å². The number of ether oxygens (including phenoxy) is 3. The first kappa shape index (κ1) is 72.8. The van der Waals surface area contributed by atoms with Crippen LogP contribution in [0.25, 0.3) is 0 Å². The van der Waals surface area contributed by atoms with Gasteiger partial charge in [0.25, 0.3) is 0 Å². The molecule has 0 aliphatic rings. The van der Waals surface area contributed by atoms with Gasteiger partial charge in [0.15, 0.2) is 6.10 Å². The normalized spacial score (nSPS) is 12.9. The standard InChI is InChI=1S/C71H118O6/c1-4-7-10-13-16-19-22-25-28-29-30-31-32-33-34-35-36-37-38-39-40-41-44-46-49-52-55-58-61-64-70(73)76-67-68(77-71(74)65-62-59-56-53-50-47-43-27-24-21-18-15-12-9-6-3)66-75-69(72)63-60-57-54-51-48-45-42-26-23-20-17-14-11-8-5-2/h7-12,16-21,25-28,30-31,42-43,68H,4-6,13-15,22-24,29,32-41,44-67H2,1-3H3/b10-7-,11-8-,12-9-,19-16-,20-17-,21-18-,28-25-,31-30-,42-26-,43-27-. The van der Waals surface area contributed by atoms with Crippen molar-refractivity contribution in [3.8, 4) is 0 Å². The predicted octanol–water partition coefficient (Wildman–Crippen LogP) is 22.0. The highest BCUT2D eigenvalue weighted by Crippen LogP contribution is 2.16. The Morgan fingerprint density at radius 1 is 0.260 bits per heavy atom. The van der Waals surface area contributed by atoms with E-state index in [1.807, 2.05) is 0 Å². The first-order chi connectivity index (χ1) is 38.0. The number of allylic oxidation sites excluding steroid dienone is 20. The molecule has 0 aliphatic heterocycles. The second kappa shape index (κ2) is 64.3. The second-order valence-electron chi connectivity index (χ2n) is 20.9. The molecule has 77 heavy (non-hydrogen) atoms. The maximum atomic E-state index is 12.9. The van der Waals surface area contributed by atoms with Crippen molar-refractivity contribution in [2.75, 3.05) is 13.2 Å². The largest absolute Gasteiger partial charge is 0.462 e. The Morgan fingerprint density at radius 2 is 0.468 bits per heavy atom. The minimum atomic E-state index is -0.797. The van der Waals surface area contributed by atoms with Crippen LogP contribution in [0, 0.1) is 0 Å². The quantitative estimate of drug-likeness (QED) is 0.0261. The van der Waals surface area contributed by atoms with E-state index >= 15 is 0 Å². The zero-order chi connectivity index (χ0) is 55.7. The van der Waals surface area contributed by atoms with Crippen molar-refractivity contribution in [3.63, 3.8) is 0 Å². The van der Waals surface area contributed by atoms with Crippen LogP contribution in [0.1, 0.15) is 290 Å². The summed E-state index contributed by atoms with van der Waals surface area (Å²) in [5.41, 5.74) is 0. The van der Waals surface area contributed by atoms with E-state index < -0.39 is 6.10 Å². The fraction of sp³-hybridized carbons (Fsp3) is 0.676. The third-order valence-corrected chi connectivity index (χ3v) is 13.4. The molecule has 1 unspecified atom stereocenters. The van der Waals surface area contributed by atoms with Crippen LogP contribution in [0.3, 0.4) is 0 Å². The highest BCUT2D eigenvalue weighted by molar-refractivity contribution is 5.71. The van der Waals surface area contributed by atoms with Gasteiger partial charge in [0.05, 0.1) is 0 Å². The van der Waals surface area contributed by atoms with Crippen molar-refractivity contribution in [1.82, 2.24) is 0 Å². The van der Waals surface area contributed by atoms with Crippen molar-refractivity contribution in [2.24, 2.45) is 0 Å². The molecule has 0 spiro atoms. The maximum Gasteiger partial charge on any atom is 0.306 e. The molecule has 1 atom stereocenters. The van der Waals surface area contributed by atoms with Crippen LogP contribution in [0.15, 0.2) is 122 Å². The van der Waals surface area contributed by atoms with E-state index in [0.717, 1.165) is 161 Å². The molecule has 0 aromatic heterocycles. The Balaban J connectivity index is 4.27. The molecule has 0 aromatic rings. The minimum absolute atomic E-state index is 0.0914. The van der Waals surface area contributed by atoms with E-state index in [0.29, 0.717) is 19.3 Å². The summed E-state index contributed by atoms with van der Waals surface area (Å²) in [4.78, 5) is 38.3. The Kier molecular flexibility index (Phi) is 60.8. The van der Waals surface area contributed by atoms with Crippen LogP contribution >= 0.6 is 0 Å². The van der Waals surface area contributed by atoms with Gasteiger partial charge < -0.3 is 14.2 Å². The molecule has 0 amide bonds. The van der Waals surface area contributed by atoms with E-state index in [1.165, 1.54) is 89.9 Å². The summed E-state index contributed by atoms with van der Waals surface area (Å²) < 4.78 is 16.9. The molecule has 0 rings (SSSR count). The van der Waals surface area contributed by atoms with Gasteiger partial charge in [-0.25, -0.2) is 0 Å². The summed E-state index contributed by atoms with van der Waals surface area (Å²) >= 11 is 0. The van der Waals surface area contributed by atoms with Gasteiger partial charge in [0.1, 0.15) is 13.2 Å². The van der Waals surface area contributed by atoms with Crippen LogP contribution < -0.4 is 0 Å². The van der Waals surface area contributed by atoms with Gasteiger partial charge in [0, 0.05) is 19.3 Å². The zero-order valence-electron chi connectivity index (χ0n) is 50.2. The summed E-state index contributed by atoms with van der Waals surface area (Å²) in [7, 11) is 0. The van der Waals surface area contributed by atoms with Gasteiger partial charge in [-0.3, -0.25) is 14.4 Å². The number of carbonyl (C=O) groups excluding carboxylic acids is 3. The van der Waals surface area contributed by atoms with Crippen molar-refractivity contribution >= 4 is 17.9 Å². The lowest BCUT2D eigenvalue weighted by Gasteiger charge is -2.18. The van der Waals surface area contributed by atoms with Gasteiger partial charge in [-0.05, 0) is 122 Å². The molecular weight excluding hydrogens is 949 g/mol. The molecule has 0 aromatic carbocycles. The summed E-state index contributed by atoms with van der Waals surface area (Å²) in [6, 6.07) is 0. The van der Waals surface area contributed by atoms with E-state index in [9.17, 15) is 14.4 Å². The lowest BCUT2D eigenvalue weighted by molar-refractivity contribution is -0.167. The second-order valence-corrected chi connectivity index (χ2v) is 20.9. The van der Waals surface area contributed by atoms with Crippen molar-refractivity contribution in [1.29, 1.82) is 0 Å². The molecule has 6 nitrogen and oxygen atoms in total. The number of hydrogen-bond acceptors (Lipinski definition) is 6. The van der Waals surface area contributed by atoms with Crippen LogP contribution in [-0.4, -0.2) is 37.2 Å². The summed E-state index contributed by atoms with van der Waals surface area (Å²) in [6.07, 6.45) is 89.3. The van der Waals surface area contributed by atoms with Crippen molar-refractivity contribution in [3.05, 3.63) is 122 Å². The maximum absolute atomic E-state index is 12.9. The van der Waals surface area contributed by atoms with E-state index in [1.54, 1.807) is 0 Å². The molecule has 0 N–H and O–H groups in total. The van der Waals surface area contributed by atoms with Crippen molar-refractivity contribution < 1.29 is 28.6 Å². The topological polar surface area (TPSA) is 78.9 Å². The van der Waals surface area contributed by atoms with Gasteiger partial charge in [0.2, 0.25) is 0 Å². The number of rotatable bonds is 57. The van der Waals surface area contributed by atoms with Crippen LogP contribution in [-0.2, 0) is 28.6 Å². The monoisotopic (exact) mass is 1070 g/mol. The summed E-state index contributed by atoms with van der Waals surface area (Å²) in [5, 5.41) is 0. The molecule has 0 saturated heterocycles. The molecule has 0 fully saturated rings. The molecule has 0 radical (unpaired) electrons. The van der Waals surface area contributed by atoms with Gasteiger partial charge in [-0.2, -0.15) is 0 Å². The molecule has 0 aliphatic carbocycles. The van der Waals surface area contributed by atoms with Crippen LogP contribution in [0.5, 0.6) is 0 Å². The molecule has 0 heterocycles. The first-order valence-corrected chi connectivity index (χ1v) is 32.0. The SMILES string of the molecule is CC/C=C\C/C=C\C/C=C\C/C=C\CCCCCCCCCCCCCCCCCCC(=O)OCC(COC(=O)CCCCCCC/C=C\C/C=C\C/C=C\CC)OC(=O)CCCCCCC/C=C\C/C=C\C/C=C\CC. The minimum Gasteiger partial charge on any atom is -0.462 e. The fourth-order valence-electron chi connectivity index (χ4n) is 8.76. The number of esters is 3. The Morgan fingerprint density at radius 3 is 0.727 bits per heavy atom. The Labute approximate surface area is 475 Å². The van der Waals surface area contributed by atoms with Crippen molar-refractivity contribution in [2.45, 2.75) is 297 Å². The fourth-order valence-corrected chi connectivity index (χ4v) is 8.76. The number of carbonyl (C=O) groups is 3. The van der Waals surface area contributed by atoms with Gasteiger partial charge in [-0.1, -0.05) is 271 Å². The molecule has 0 saturated carbocycles. The third kappa shape index (κ3) is 62.5. The molecule has 0 bridgehead atoms. The Hall–Kier alpha value is -4.19. The highest BCUT2D eigenvalue weighted by Gasteiger charge is 2.19. The van der Waals surface area contributed by atoms with Crippen LogP contribution in [0.4, 0.5) is 0 Å². The van der Waals surface area contributed by atoms with E-state index in [-0.39, 0.29) is 31.1 Å². The lowest BCUT2D eigenvalue weighted by atomic mass is 10.0. The molecular formula is C71H118O6.